The molecule has 1 aromatic rings. The van der Waals surface area contributed by atoms with Gasteiger partial charge in [-0.05, 0) is 30.5 Å². The van der Waals surface area contributed by atoms with Crippen LogP contribution < -0.4 is 0 Å². The van der Waals surface area contributed by atoms with Gasteiger partial charge in [-0.15, -0.1) is 0 Å². The van der Waals surface area contributed by atoms with Gasteiger partial charge in [0.25, 0.3) is 0 Å². The van der Waals surface area contributed by atoms with Crippen LogP contribution in [0.5, 0.6) is 0 Å². The molecule has 0 radical (unpaired) electrons. The zero-order valence-electron chi connectivity index (χ0n) is 11.9. The van der Waals surface area contributed by atoms with Crippen molar-refractivity contribution in [2.75, 3.05) is 0 Å². The van der Waals surface area contributed by atoms with Crippen LogP contribution in [0.3, 0.4) is 0 Å². The molecule has 0 aliphatic heterocycles. The zero-order chi connectivity index (χ0) is 13.9. The van der Waals surface area contributed by atoms with Gasteiger partial charge in [-0.3, -0.25) is 0 Å². The van der Waals surface area contributed by atoms with Crippen molar-refractivity contribution in [3.8, 4) is 0 Å². The minimum absolute atomic E-state index is 0. The molecule has 1 aromatic carbocycles. The monoisotopic (exact) mass is 306 g/mol. The normalized spacial score (nSPS) is 11.9. The van der Waals surface area contributed by atoms with E-state index in [1.54, 1.807) is 12.1 Å². The van der Waals surface area contributed by atoms with Gasteiger partial charge in [0, 0.05) is 0 Å². The van der Waals surface area contributed by atoms with Gasteiger partial charge in [0.2, 0.25) is 0 Å². The summed E-state index contributed by atoms with van der Waals surface area (Å²) in [5, 5.41) is 0. The van der Waals surface area contributed by atoms with Crippen molar-refractivity contribution in [1.29, 1.82) is 0 Å². The summed E-state index contributed by atoms with van der Waals surface area (Å²) in [7, 11) is 0. The summed E-state index contributed by atoms with van der Waals surface area (Å²) in [5.74, 6) is 0. The number of rotatable bonds is 10. The van der Waals surface area contributed by atoms with Crippen LogP contribution in [-0.4, -0.2) is 38.3 Å². The van der Waals surface area contributed by atoms with Gasteiger partial charge in [-0.25, -0.2) is 4.21 Å². The van der Waals surface area contributed by atoms with Gasteiger partial charge in [-0.2, -0.15) is 0 Å². The van der Waals surface area contributed by atoms with Crippen LogP contribution in [0.15, 0.2) is 29.2 Å². The molecule has 0 aliphatic carbocycles. The fourth-order valence-electron chi connectivity index (χ4n) is 2.24. The third-order valence-electron chi connectivity index (χ3n) is 3.44. The second-order valence-electron chi connectivity index (χ2n) is 5.12. The van der Waals surface area contributed by atoms with Gasteiger partial charge in [-0.1, -0.05) is 64.0 Å². The van der Waals surface area contributed by atoms with E-state index in [9.17, 15) is 4.21 Å². The molecule has 2 nitrogen and oxygen atoms in total. The van der Waals surface area contributed by atoms with Gasteiger partial charge >= 0.3 is 29.6 Å². The average molecular weight is 306 g/mol. The molecule has 0 bridgehead atoms. The summed E-state index contributed by atoms with van der Waals surface area (Å²) >= 11 is -1.85. The van der Waals surface area contributed by atoms with E-state index in [-0.39, 0.29) is 29.6 Å². The Hall–Kier alpha value is 0.330. The van der Waals surface area contributed by atoms with E-state index in [0.717, 1.165) is 6.42 Å². The molecule has 1 rings (SSSR count). The Kier molecular flexibility index (Phi) is 13.2. The Morgan fingerprint density at radius 1 is 0.900 bits per heavy atom. The van der Waals surface area contributed by atoms with E-state index < -0.39 is 11.1 Å². The molecule has 1 N–H and O–H groups in total. The maximum atomic E-state index is 10.8. The topological polar surface area (TPSA) is 37.3 Å². The predicted molar refractivity (Wildman–Crippen MR) is 88.9 cm³/mol. The van der Waals surface area contributed by atoms with Crippen LogP contribution in [0.4, 0.5) is 0 Å². The molecule has 1 unspecified atom stereocenters. The summed E-state index contributed by atoms with van der Waals surface area (Å²) in [6.07, 6.45) is 11.7. The molecule has 0 saturated carbocycles. The van der Waals surface area contributed by atoms with E-state index in [4.69, 9.17) is 4.55 Å². The summed E-state index contributed by atoms with van der Waals surface area (Å²) < 4.78 is 19.8. The second kappa shape index (κ2) is 13.0. The molecule has 0 amide bonds. The first-order valence-electron chi connectivity index (χ1n) is 7.44. The van der Waals surface area contributed by atoms with Crippen LogP contribution in [-0.2, 0) is 17.5 Å². The van der Waals surface area contributed by atoms with Gasteiger partial charge in [0.05, 0.1) is 4.90 Å². The Morgan fingerprint density at radius 3 is 1.90 bits per heavy atom. The van der Waals surface area contributed by atoms with Gasteiger partial charge in [0.1, 0.15) is 0 Å². The molecule has 4 heteroatoms. The Bertz CT molecular complexity index is 365. The minimum atomic E-state index is -1.85. The summed E-state index contributed by atoms with van der Waals surface area (Å²) in [5.41, 5.74) is 1.26. The molecule has 0 aliphatic rings. The van der Waals surface area contributed by atoms with Crippen LogP contribution in [0.25, 0.3) is 0 Å². The maximum absolute atomic E-state index is 10.8. The van der Waals surface area contributed by atoms with Crippen LogP contribution in [0, 0.1) is 0 Å². The molecule has 1 atom stereocenters. The van der Waals surface area contributed by atoms with Crippen molar-refractivity contribution in [3.05, 3.63) is 29.8 Å². The van der Waals surface area contributed by atoms with Crippen LogP contribution in [0.2, 0.25) is 0 Å². The third-order valence-corrected chi connectivity index (χ3v) is 4.12. The standard InChI is InChI=1S/C16H26O2S.Na.H/c1-2-3-4-5-6-7-8-9-10-15-11-13-16(14-12-15)19(17)18;;/h11-14H,2-10H2,1H3,(H,17,18);;. The van der Waals surface area contributed by atoms with Crippen molar-refractivity contribution >= 4 is 40.6 Å². The van der Waals surface area contributed by atoms with Crippen molar-refractivity contribution < 1.29 is 8.76 Å². The van der Waals surface area contributed by atoms with E-state index in [1.165, 1.54) is 56.9 Å². The Balaban J connectivity index is 0.00000361. The first-order chi connectivity index (χ1) is 9.24. The SMILES string of the molecule is CCCCCCCCCCc1ccc(S(=O)O)cc1.[NaH]. The number of aryl methyl sites for hydroxylation is 1. The van der Waals surface area contributed by atoms with Gasteiger partial charge in [0.15, 0.2) is 11.1 Å². The molecule has 20 heavy (non-hydrogen) atoms. The van der Waals surface area contributed by atoms with Crippen molar-refractivity contribution in [1.82, 2.24) is 0 Å². The van der Waals surface area contributed by atoms with E-state index >= 15 is 0 Å². The van der Waals surface area contributed by atoms with Crippen molar-refractivity contribution in [2.45, 2.75) is 69.6 Å². The number of hydrogen-bond acceptors (Lipinski definition) is 1. The van der Waals surface area contributed by atoms with E-state index in [1.807, 2.05) is 12.1 Å². The molecule has 0 spiro atoms. The van der Waals surface area contributed by atoms with Crippen LogP contribution >= 0.6 is 0 Å². The molecule has 0 heterocycles. The average Bonchev–Trinajstić information content (AvgIpc) is 2.42. The first kappa shape index (κ1) is 20.3. The van der Waals surface area contributed by atoms with Crippen LogP contribution in [0.1, 0.15) is 63.9 Å². The molecular weight excluding hydrogens is 279 g/mol. The molecule has 110 valence electrons. The summed E-state index contributed by atoms with van der Waals surface area (Å²) in [6, 6.07) is 7.42. The fourth-order valence-corrected chi connectivity index (χ4v) is 2.60. The number of benzene rings is 1. The zero-order valence-corrected chi connectivity index (χ0v) is 12.8. The van der Waals surface area contributed by atoms with Gasteiger partial charge < -0.3 is 4.55 Å². The van der Waals surface area contributed by atoms with E-state index in [0.29, 0.717) is 4.90 Å². The van der Waals surface area contributed by atoms with E-state index in [2.05, 4.69) is 6.92 Å². The first-order valence-corrected chi connectivity index (χ1v) is 8.54. The second-order valence-corrected chi connectivity index (χ2v) is 6.09. The Labute approximate surface area is 148 Å². The predicted octanol–water partition coefficient (Wildman–Crippen LogP) is 4.30. The summed E-state index contributed by atoms with van der Waals surface area (Å²) in [4.78, 5) is 0.486. The Morgan fingerprint density at radius 2 is 1.40 bits per heavy atom. The molecular formula is C16H27NaO2S. The molecule has 0 aromatic heterocycles. The quantitative estimate of drug-likeness (QED) is 0.397. The van der Waals surface area contributed by atoms with Crippen molar-refractivity contribution in [2.24, 2.45) is 0 Å². The summed E-state index contributed by atoms with van der Waals surface area (Å²) in [6.45, 7) is 2.25. The third kappa shape index (κ3) is 9.30. The molecule has 0 fully saturated rings. The fraction of sp³-hybridized carbons (Fsp3) is 0.625. The number of hydrogen-bond donors (Lipinski definition) is 1. The molecule has 0 saturated heterocycles. The number of unbranched alkanes of at least 4 members (excludes halogenated alkanes) is 7. The van der Waals surface area contributed by atoms with Crippen molar-refractivity contribution in [3.63, 3.8) is 0 Å².